The molecule has 2 heterocycles. The Kier molecular flexibility index (Phi) is 10.6. The number of furan rings is 1. The van der Waals surface area contributed by atoms with E-state index in [2.05, 4.69) is 16.7 Å². The fraction of sp³-hybridized carbons (Fsp3) is 0.500. The van der Waals surface area contributed by atoms with Crippen LogP contribution in [-0.2, 0) is 14.3 Å². The summed E-state index contributed by atoms with van der Waals surface area (Å²) in [5, 5.41) is 5.63. The van der Waals surface area contributed by atoms with E-state index in [1.807, 2.05) is 0 Å². The van der Waals surface area contributed by atoms with Gasteiger partial charge in [0.2, 0.25) is 11.8 Å². The first-order valence-electron chi connectivity index (χ1n) is 13.9. The Morgan fingerprint density at radius 1 is 1.07 bits per heavy atom. The number of carbonyl (C=O) groups is 3. The van der Waals surface area contributed by atoms with Gasteiger partial charge < -0.3 is 34.2 Å². The van der Waals surface area contributed by atoms with E-state index in [0.29, 0.717) is 43.2 Å². The van der Waals surface area contributed by atoms with E-state index in [1.165, 1.54) is 25.0 Å². The highest BCUT2D eigenvalue weighted by Crippen LogP contribution is 2.33. The maximum atomic E-state index is 13.8. The maximum Gasteiger partial charge on any atom is 0.287 e. The van der Waals surface area contributed by atoms with Crippen molar-refractivity contribution in [2.75, 3.05) is 40.5 Å². The topological polar surface area (TPSA) is 119 Å². The van der Waals surface area contributed by atoms with Crippen LogP contribution in [0.2, 0.25) is 0 Å². The van der Waals surface area contributed by atoms with Crippen LogP contribution in [0, 0.1) is 0 Å². The highest BCUT2D eigenvalue weighted by atomic mass is 16.5. The number of nitrogens with zero attached hydrogens (tertiary/aromatic N) is 1. The summed E-state index contributed by atoms with van der Waals surface area (Å²) in [6.07, 6.45) is 10.3. The Bertz CT molecular complexity index is 1170. The predicted molar refractivity (Wildman–Crippen MR) is 148 cm³/mol. The van der Waals surface area contributed by atoms with Crippen molar-refractivity contribution in [2.24, 2.45) is 0 Å². The van der Waals surface area contributed by atoms with E-state index in [-0.39, 0.29) is 30.2 Å². The Balaban J connectivity index is 1.62. The highest BCUT2D eigenvalue weighted by Gasteiger charge is 2.33. The van der Waals surface area contributed by atoms with Gasteiger partial charge in [-0.3, -0.25) is 14.4 Å². The molecule has 3 amide bonds. The van der Waals surface area contributed by atoms with Gasteiger partial charge in [-0.2, -0.15) is 0 Å². The largest absolute Gasteiger partial charge is 0.493 e. The minimum Gasteiger partial charge on any atom is -0.493 e. The minimum atomic E-state index is -0.960. The number of amides is 3. The highest BCUT2D eigenvalue weighted by molar-refractivity contribution is 5.95. The average Bonchev–Trinajstić information content (AvgIpc) is 3.72. The van der Waals surface area contributed by atoms with Crippen LogP contribution >= 0.6 is 0 Å². The lowest BCUT2D eigenvalue weighted by Crippen LogP contribution is -2.48. The Morgan fingerprint density at radius 3 is 2.60 bits per heavy atom. The second-order valence-electron chi connectivity index (χ2n) is 10.0. The first-order valence-corrected chi connectivity index (χ1v) is 13.9. The molecule has 2 aliphatic rings. The van der Waals surface area contributed by atoms with Crippen molar-refractivity contribution in [3.05, 3.63) is 59.6 Å². The Hall–Kier alpha value is -3.79. The molecule has 10 nitrogen and oxygen atoms in total. The fourth-order valence-corrected chi connectivity index (χ4v) is 5.16. The monoisotopic (exact) mass is 553 g/mol. The van der Waals surface area contributed by atoms with Gasteiger partial charge in [-0.25, -0.2) is 0 Å². The van der Waals surface area contributed by atoms with Gasteiger partial charge in [0.25, 0.3) is 5.91 Å². The predicted octanol–water partition coefficient (Wildman–Crippen LogP) is 3.78. The lowest BCUT2D eigenvalue weighted by molar-refractivity contribution is -0.140. The smallest absolute Gasteiger partial charge is 0.287 e. The van der Waals surface area contributed by atoms with Crippen LogP contribution in [0.25, 0.3) is 0 Å². The van der Waals surface area contributed by atoms with Crippen LogP contribution in [-0.4, -0.2) is 69.2 Å². The zero-order valence-corrected chi connectivity index (χ0v) is 23.3. The summed E-state index contributed by atoms with van der Waals surface area (Å²) in [5.41, 5.74) is 1.85. The number of hydrogen-bond donors (Lipinski definition) is 2. The Morgan fingerprint density at radius 2 is 1.93 bits per heavy atom. The lowest BCUT2D eigenvalue weighted by atomic mass is 9.96. The molecule has 0 spiro atoms. The van der Waals surface area contributed by atoms with Crippen LogP contribution < -0.4 is 20.1 Å². The molecule has 2 N–H and O–H groups in total. The van der Waals surface area contributed by atoms with Crippen molar-refractivity contribution in [1.82, 2.24) is 15.5 Å². The number of methoxy groups -OCH3 is 2. The molecule has 2 aromatic rings. The van der Waals surface area contributed by atoms with E-state index in [9.17, 15) is 14.4 Å². The summed E-state index contributed by atoms with van der Waals surface area (Å²) in [7, 11) is 3.07. The fourth-order valence-electron chi connectivity index (χ4n) is 5.16. The number of hydrogen-bond acceptors (Lipinski definition) is 7. The molecule has 2 atom stereocenters. The molecule has 0 unspecified atom stereocenters. The van der Waals surface area contributed by atoms with Gasteiger partial charge >= 0.3 is 0 Å². The average molecular weight is 554 g/mol. The molecular formula is C30H39N3O7. The van der Waals surface area contributed by atoms with Gasteiger partial charge in [-0.05, 0) is 74.8 Å². The number of allylic oxidation sites excluding steroid dienone is 1. The SMILES string of the molecule is COc1ccc([C@@H](C(=O)NC[C@@H]2CCCO2)N(CCC2=CCCCC2)C(=O)CNC(=O)c2ccco2)cc1OC. The number of ether oxygens (including phenoxy) is 3. The molecule has 1 aromatic heterocycles. The van der Waals surface area contributed by atoms with Crippen LogP contribution in [0.1, 0.15) is 67.1 Å². The van der Waals surface area contributed by atoms with E-state index < -0.39 is 11.9 Å². The molecule has 216 valence electrons. The lowest BCUT2D eigenvalue weighted by Gasteiger charge is -2.32. The van der Waals surface area contributed by atoms with Crippen molar-refractivity contribution >= 4 is 17.7 Å². The van der Waals surface area contributed by atoms with E-state index in [1.54, 1.807) is 36.3 Å². The molecule has 4 rings (SSSR count). The van der Waals surface area contributed by atoms with Crippen molar-refractivity contribution in [2.45, 2.75) is 57.1 Å². The molecule has 0 radical (unpaired) electrons. The summed E-state index contributed by atoms with van der Waals surface area (Å²) in [6.45, 7) is 1.05. The third-order valence-electron chi connectivity index (χ3n) is 7.34. The van der Waals surface area contributed by atoms with Crippen LogP contribution in [0.5, 0.6) is 11.5 Å². The minimum absolute atomic E-state index is 0.0564. The van der Waals surface area contributed by atoms with Crippen LogP contribution in [0.15, 0.2) is 52.7 Å². The zero-order chi connectivity index (χ0) is 28.3. The van der Waals surface area contributed by atoms with Gasteiger partial charge in [-0.1, -0.05) is 17.7 Å². The summed E-state index contributed by atoms with van der Waals surface area (Å²) in [4.78, 5) is 41.6. The van der Waals surface area contributed by atoms with E-state index in [0.717, 1.165) is 38.5 Å². The molecule has 1 fully saturated rings. The summed E-state index contributed by atoms with van der Waals surface area (Å²) >= 11 is 0. The molecule has 1 saturated heterocycles. The van der Waals surface area contributed by atoms with Gasteiger partial charge in [0, 0.05) is 19.7 Å². The van der Waals surface area contributed by atoms with Gasteiger partial charge in [-0.15, -0.1) is 0 Å². The first kappa shape index (κ1) is 29.2. The zero-order valence-electron chi connectivity index (χ0n) is 23.3. The van der Waals surface area contributed by atoms with Gasteiger partial charge in [0.15, 0.2) is 17.3 Å². The first-order chi connectivity index (χ1) is 19.5. The third kappa shape index (κ3) is 7.65. The van der Waals surface area contributed by atoms with Crippen molar-refractivity contribution < 1.29 is 33.0 Å². The van der Waals surface area contributed by atoms with Gasteiger partial charge in [0.05, 0.1) is 33.1 Å². The van der Waals surface area contributed by atoms with Crippen molar-refractivity contribution in [3.8, 4) is 11.5 Å². The molecule has 1 aliphatic heterocycles. The maximum absolute atomic E-state index is 13.8. The number of benzene rings is 1. The molecular weight excluding hydrogens is 514 g/mol. The molecule has 40 heavy (non-hydrogen) atoms. The number of nitrogens with one attached hydrogen (secondary N) is 2. The molecule has 1 aromatic carbocycles. The van der Waals surface area contributed by atoms with E-state index >= 15 is 0 Å². The molecule has 0 bridgehead atoms. The number of rotatable bonds is 13. The van der Waals surface area contributed by atoms with Crippen molar-refractivity contribution in [1.29, 1.82) is 0 Å². The quantitative estimate of drug-likeness (QED) is 0.362. The summed E-state index contributed by atoms with van der Waals surface area (Å²) in [6, 6.07) is 7.37. The molecule has 0 saturated carbocycles. The van der Waals surface area contributed by atoms with Gasteiger partial charge in [0.1, 0.15) is 6.04 Å². The van der Waals surface area contributed by atoms with Crippen LogP contribution in [0.4, 0.5) is 0 Å². The third-order valence-corrected chi connectivity index (χ3v) is 7.34. The second-order valence-corrected chi connectivity index (χ2v) is 10.0. The standard InChI is InChI=1S/C30H39N3O7/c1-37-24-13-12-22(18-26(24)38-2)28(30(36)31-19-23-10-6-16-39-23)33(15-14-21-8-4-3-5-9-21)27(34)20-32-29(35)25-11-7-17-40-25/h7-8,11-13,17-18,23,28H,3-6,9-10,14-16,19-20H2,1-2H3,(H,31,36)(H,32,35)/t23-,28-/m0/s1. The molecule has 10 heteroatoms. The second kappa shape index (κ2) is 14.6. The summed E-state index contributed by atoms with van der Waals surface area (Å²) in [5.74, 6) is -0.142. The van der Waals surface area contributed by atoms with E-state index in [4.69, 9.17) is 18.6 Å². The van der Waals surface area contributed by atoms with Crippen LogP contribution in [0.3, 0.4) is 0 Å². The summed E-state index contributed by atoms with van der Waals surface area (Å²) < 4.78 is 21.7. The number of carbonyl (C=O) groups excluding carboxylic acids is 3. The normalized spacial score (nSPS) is 17.4. The molecule has 1 aliphatic carbocycles. The van der Waals surface area contributed by atoms with Crippen molar-refractivity contribution in [3.63, 3.8) is 0 Å². The Labute approximate surface area is 235 Å².